The number of hydrogen-bond acceptors (Lipinski definition) is 6. The molecule has 3 heterocycles. The molecule has 0 saturated heterocycles. The minimum Gasteiger partial charge on any atom is -0.490 e. The third-order valence-electron chi connectivity index (χ3n) is 5.25. The summed E-state index contributed by atoms with van der Waals surface area (Å²) in [6.45, 7) is 4.38. The molecule has 2 aromatic heterocycles. The van der Waals surface area contributed by atoms with Gasteiger partial charge in [0.25, 0.3) is 0 Å². The van der Waals surface area contributed by atoms with Crippen LogP contribution >= 0.6 is 0 Å². The Bertz CT molecular complexity index is 1070. The topological polar surface area (TPSA) is 81.3 Å². The molecule has 1 aliphatic rings. The first kappa shape index (κ1) is 21.4. The molecule has 166 valence electrons. The standard InChI is InChI=1S/C21H23F3N4O3/c1-20(2,29-3)10-31-15-9-30-14-7-5-4-6-12(14)17(15)28-19-13-8-16(21(22,23)24)27-18(13)25-11-26-19/h4-8,11,15,17H,9-10H2,1-3H3,(H2,25,26,27,28). The highest BCUT2D eigenvalue weighted by Crippen LogP contribution is 2.38. The highest BCUT2D eigenvalue weighted by Gasteiger charge is 2.36. The van der Waals surface area contributed by atoms with Gasteiger partial charge in [-0.3, -0.25) is 0 Å². The Balaban J connectivity index is 1.68. The molecule has 1 aromatic carbocycles. The van der Waals surface area contributed by atoms with Crippen molar-refractivity contribution in [2.45, 2.75) is 37.8 Å². The lowest BCUT2D eigenvalue weighted by molar-refractivity contribution is -0.140. The largest absolute Gasteiger partial charge is 0.490 e. The number of para-hydroxylation sites is 1. The van der Waals surface area contributed by atoms with Gasteiger partial charge >= 0.3 is 6.18 Å². The maximum Gasteiger partial charge on any atom is 0.431 e. The Kier molecular flexibility index (Phi) is 5.52. The van der Waals surface area contributed by atoms with Crippen LogP contribution in [0.25, 0.3) is 11.0 Å². The lowest BCUT2D eigenvalue weighted by atomic mass is 9.97. The average molecular weight is 436 g/mol. The molecule has 0 aliphatic carbocycles. The molecule has 2 N–H and O–H groups in total. The van der Waals surface area contributed by atoms with Gasteiger partial charge in [-0.05, 0) is 26.0 Å². The molecule has 0 saturated carbocycles. The maximum absolute atomic E-state index is 13.2. The number of rotatable bonds is 6. The fourth-order valence-corrected chi connectivity index (χ4v) is 3.37. The van der Waals surface area contributed by atoms with Gasteiger partial charge in [0.1, 0.15) is 41.9 Å². The summed E-state index contributed by atoms with van der Waals surface area (Å²) >= 11 is 0. The molecule has 4 rings (SSSR count). The number of alkyl halides is 3. The number of ether oxygens (including phenoxy) is 3. The quantitative estimate of drug-likeness (QED) is 0.599. The van der Waals surface area contributed by atoms with Crippen molar-refractivity contribution >= 4 is 16.9 Å². The van der Waals surface area contributed by atoms with Crippen LogP contribution in [-0.2, 0) is 15.7 Å². The van der Waals surface area contributed by atoms with Gasteiger partial charge in [-0.1, -0.05) is 18.2 Å². The van der Waals surface area contributed by atoms with E-state index in [-0.39, 0.29) is 23.5 Å². The minimum atomic E-state index is -4.51. The number of aromatic nitrogens is 3. The van der Waals surface area contributed by atoms with Crippen LogP contribution in [0.5, 0.6) is 5.75 Å². The van der Waals surface area contributed by atoms with Crippen molar-refractivity contribution in [1.82, 2.24) is 15.0 Å². The Morgan fingerprint density at radius 1 is 1.23 bits per heavy atom. The first-order chi connectivity index (χ1) is 14.7. The van der Waals surface area contributed by atoms with Gasteiger partial charge in [-0.15, -0.1) is 0 Å². The third-order valence-corrected chi connectivity index (χ3v) is 5.25. The van der Waals surface area contributed by atoms with Crippen LogP contribution in [0.4, 0.5) is 19.0 Å². The van der Waals surface area contributed by atoms with Gasteiger partial charge in [-0.2, -0.15) is 13.2 Å². The molecule has 10 heteroatoms. The van der Waals surface area contributed by atoms with E-state index in [4.69, 9.17) is 14.2 Å². The highest BCUT2D eigenvalue weighted by molar-refractivity contribution is 5.88. The van der Waals surface area contributed by atoms with Crippen molar-refractivity contribution in [3.05, 3.63) is 47.9 Å². The van der Waals surface area contributed by atoms with Gasteiger partial charge in [0.15, 0.2) is 0 Å². The Morgan fingerprint density at radius 3 is 2.74 bits per heavy atom. The highest BCUT2D eigenvalue weighted by atomic mass is 19.4. The summed E-state index contributed by atoms with van der Waals surface area (Å²) in [4.78, 5) is 10.4. The fourth-order valence-electron chi connectivity index (χ4n) is 3.37. The van der Waals surface area contributed by atoms with Gasteiger partial charge in [0, 0.05) is 12.7 Å². The fraction of sp³-hybridized carbons (Fsp3) is 0.429. The molecule has 2 atom stereocenters. The van der Waals surface area contributed by atoms with Gasteiger partial charge < -0.3 is 24.5 Å². The Morgan fingerprint density at radius 2 is 2.00 bits per heavy atom. The van der Waals surface area contributed by atoms with Crippen LogP contribution in [0.2, 0.25) is 0 Å². The Labute approximate surface area is 176 Å². The molecule has 31 heavy (non-hydrogen) atoms. The van der Waals surface area contributed by atoms with Crippen LogP contribution in [0.1, 0.15) is 31.1 Å². The van der Waals surface area contributed by atoms with E-state index in [2.05, 4.69) is 20.3 Å². The maximum atomic E-state index is 13.2. The van der Waals surface area contributed by atoms with E-state index in [0.717, 1.165) is 11.6 Å². The van der Waals surface area contributed by atoms with E-state index >= 15 is 0 Å². The number of benzene rings is 1. The first-order valence-electron chi connectivity index (χ1n) is 9.74. The van der Waals surface area contributed by atoms with Crippen LogP contribution in [0.3, 0.4) is 0 Å². The summed E-state index contributed by atoms with van der Waals surface area (Å²) in [6, 6.07) is 8.06. The number of aromatic amines is 1. The van der Waals surface area contributed by atoms with E-state index in [1.54, 1.807) is 7.11 Å². The molecule has 1 aliphatic heterocycles. The summed E-state index contributed by atoms with van der Waals surface area (Å²) < 4.78 is 56.9. The van der Waals surface area contributed by atoms with Crippen molar-refractivity contribution < 1.29 is 27.4 Å². The SMILES string of the molecule is COC(C)(C)COC1COc2ccccc2C1Nc1ncnc2[nH]c(C(F)(F)F)cc12. The number of halogens is 3. The van der Waals surface area contributed by atoms with E-state index < -0.39 is 29.6 Å². The third kappa shape index (κ3) is 4.45. The second-order valence-electron chi connectivity index (χ2n) is 7.95. The smallest absolute Gasteiger partial charge is 0.431 e. The molecule has 2 unspecified atom stereocenters. The number of nitrogens with one attached hydrogen (secondary N) is 2. The van der Waals surface area contributed by atoms with E-state index in [1.165, 1.54) is 6.33 Å². The molecular formula is C21H23F3N4O3. The predicted octanol–water partition coefficient (Wildman–Crippen LogP) is 4.33. The molecule has 0 radical (unpaired) electrons. The van der Waals surface area contributed by atoms with E-state index in [0.29, 0.717) is 12.4 Å². The van der Waals surface area contributed by atoms with Crippen molar-refractivity contribution in [1.29, 1.82) is 0 Å². The number of fused-ring (bicyclic) bond motifs is 2. The van der Waals surface area contributed by atoms with Gasteiger partial charge in [0.05, 0.1) is 23.6 Å². The second kappa shape index (κ2) is 8.01. The monoisotopic (exact) mass is 436 g/mol. The van der Waals surface area contributed by atoms with Crippen molar-refractivity contribution in [2.75, 3.05) is 25.6 Å². The van der Waals surface area contributed by atoms with Crippen molar-refractivity contribution in [3.63, 3.8) is 0 Å². The molecule has 7 nitrogen and oxygen atoms in total. The number of nitrogens with zero attached hydrogens (tertiary/aromatic N) is 2. The summed E-state index contributed by atoms with van der Waals surface area (Å²) in [5.74, 6) is 0.958. The van der Waals surface area contributed by atoms with Crippen LogP contribution in [0, 0.1) is 0 Å². The Hall–Kier alpha value is -2.85. The zero-order valence-corrected chi connectivity index (χ0v) is 17.3. The second-order valence-corrected chi connectivity index (χ2v) is 7.95. The van der Waals surface area contributed by atoms with Gasteiger partial charge in [0.2, 0.25) is 0 Å². The van der Waals surface area contributed by atoms with Crippen LogP contribution in [0.15, 0.2) is 36.7 Å². The summed E-state index contributed by atoms with van der Waals surface area (Å²) in [6.07, 6.45) is -3.72. The van der Waals surface area contributed by atoms with E-state index in [1.807, 2.05) is 38.1 Å². The van der Waals surface area contributed by atoms with Crippen molar-refractivity contribution in [3.8, 4) is 5.75 Å². The number of H-pyrrole nitrogens is 1. The molecular weight excluding hydrogens is 413 g/mol. The first-order valence-corrected chi connectivity index (χ1v) is 9.74. The predicted molar refractivity (Wildman–Crippen MR) is 108 cm³/mol. The lowest BCUT2D eigenvalue weighted by Crippen LogP contribution is -2.41. The summed E-state index contributed by atoms with van der Waals surface area (Å²) in [5, 5.41) is 3.51. The van der Waals surface area contributed by atoms with Crippen molar-refractivity contribution in [2.24, 2.45) is 0 Å². The molecule has 0 bridgehead atoms. The molecule has 0 amide bonds. The molecule has 0 spiro atoms. The van der Waals surface area contributed by atoms with Gasteiger partial charge in [-0.25, -0.2) is 9.97 Å². The minimum absolute atomic E-state index is 0.100. The number of methoxy groups -OCH3 is 1. The number of anilines is 1. The zero-order valence-electron chi connectivity index (χ0n) is 17.3. The zero-order chi connectivity index (χ0) is 22.2. The number of hydrogen-bond donors (Lipinski definition) is 2. The van der Waals surface area contributed by atoms with Crippen LogP contribution < -0.4 is 10.1 Å². The van der Waals surface area contributed by atoms with E-state index in [9.17, 15) is 13.2 Å². The molecule has 0 fully saturated rings. The summed E-state index contributed by atoms with van der Waals surface area (Å²) in [7, 11) is 1.60. The lowest BCUT2D eigenvalue weighted by Gasteiger charge is -2.36. The summed E-state index contributed by atoms with van der Waals surface area (Å²) in [5.41, 5.74) is -0.463. The van der Waals surface area contributed by atoms with Crippen LogP contribution in [-0.4, -0.2) is 47.0 Å². The average Bonchev–Trinajstić information content (AvgIpc) is 3.19. The molecule has 3 aromatic rings. The normalized spacial score (nSPS) is 19.2.